The number of methoxy groups -OCH3 is 1. The predicted octanol–water partition coefficient (Wildman–Crippen LogP) is 3.68. The van der Waals surface area contributed by atoms with E-state index >= 15 is 0 Å². The van der Waals surface area contributed by atoms with Gasteiger partial charge < -0.3 is 21.1 Å². The minimum atomic E-state index is 0.104. The Balaban J connectivity index is 1.64. The number of aromatic nitrogens is 3. The van der Waals surface area contributed by atoms with Gasteiger partial charge in [0.25, 0.3) is 0 Å². The van der Waals surface area contributed by atoms with Crippen LogP contribution in [0.2, 0.25) is 0 Å². The van der Waals surface area contributed by atoms with Gasteiger partial charge in [0.15, 0.2) is 0 Å². The zero-order valence-electron chi connectivity index (χ0n) is 16.2. The highest BCUT2D eigenvalue weighted by Gasteiger charge is 2.12. The summed E-state index contributed by atoms with van der Waals surface area (Å²) in [5, 5.41) is 6.57. The fraction of sp³-hybridized carbons (Fsp3) is 0.286. The Kier molecular flexibility index (Phi) is 6.62. The van der Waals surface area contributed by atoms with Gasteiger partial charge in [0, 0.05) is 6.54 Å². The van der Waals surface area contributed by atoms with Crippen molar-refractivity contribution in [1.29, 1.82) is 0 Å². The quantitative estimate of drug-likeness (QED) is 0.522. The van der Waals surface area contributed by atoms with Gasteiger partial charge in [-0.1, -0.05) is 49.4 Å². The van der Waals surface area contributed by atoms with Crippen LogP contribution in [0.1, 0.15) is 30.5 Å². The normalized spacial score (nSPS) is 11.6. The number of anilines is 3. The van der Waals surface area contributed by atoms with Crippen LogP contribution in [-0.2, 0) is 6.42 Å². The Morgan fingerprint density at radius 3 is 2.54 bits per heavy atom. The highest BCUT2D eigenvalue weighted by atomic mass is 16.5. The van der Waals surface area contributed by atoms with E-state index in [1.165, 1.54) is 11.1 Å². The van der Waals surface area contributed by atoms with Gasteiger partial charge in [0.05, 0.1) is 13.2 Å². The van der Waals surface area contributed by atoms with Crippen molar-refractivity contribution in [3.05, 3.63) is 65.7 Å². The lowest BCUT2D eigenvalue weighted by atomic mass is 10.1. The van der Waals surface area contributed by atoms with Crippen LogP contribution >= 0.6 is 0 Å². The fourth-order valence-corrected chi connectivity index (χ4v) is 2.94. The Morgan fingerprint density at radius 2 is 1.79 bits per heavy atom. The van der Waals surface area contributed by atoms with E-state index in [1.807, 2.05) is 36.4 Å². The summed E-state index contributed by atoms with van der Waals surface area (Å²) in [5.74, 6) is 1.96. The van der Waals surface area contributed by atoms with Crippen molar-refractivity contribution in [2.24, 2.45) is 0 Å². The monoisotopic (exact) mass is 378 g/mol. The van der Waals surface area contributed by atoms with Crippen molar-refractivity contribution in [3.8, 4) is 5.75 Å². The Hall–Kier alpha value is -3.35. The number of benzene rings is 2. The summed E-state index contributed by atoms with van der Waals surface area (Å²) in [5.41, 5.74) is 8.22. The zero-order valence-corrected chi connectivity index (χ0v) is 16.2. The maximum absolute atomic E-state index is 5.88. The third-order valence-electron chi connectivity index (χ3n) is 4.40. The third kappa shape index (κ3) is 5.33. The Bertz CT molecular complexity index is 887. The van der Waals surface area contributed by atoms with Crippen molar-refractivity contribution in [2.75, 3.05) is 30.0 Å². The second-order valence-electron chi connectivity index (χ2n) is 6.38. The standard InChI is InChI=1S/C21H26N6O/c1-3-18(16-9-5-4-6-10-16)24-21-26-19(22)25-20(27-21)23-13-12-15-8-7-11-17(14-15)28-2/h4-11,14,18H,3,12-13H2,1-2H3,(H4,22,23,24,25,26,27)/t18-/m0/s1. The van der Waals surface area contributed by atoms with E-state index in [1.54, 1.807) is 7.11 Å². The van der Waals surface area contributed by atoms with Crippen molar-refractivity contribution in [3.63, 3.8) is 0 Å². The number of nitrogens with zero attached hydrogens (tertiary/aromatic N) is 3. The van der Waals surface area contributed by atoms with E-state index in [0.29, 0.717) is 18.4 Å². The van der Waals surface area contributed by atoms with Crippen molar-refractivity contribution in [2.45, 2.75) is 25.8 Å². The molecule has 3 aromatic rings. The van der Waals surface area contributed by atoms with Gasteiger partial charge in [0.2, 0.25) is 17.8 Å². The first kappa shape index (κ1) is 19.4. The minimum absolute atomic E-state index is 0.104. The van der Waals surface area contributed by atoms with Crippen LogP contribution < -0.4 is 21.1 Å². The smallest absolute Gasteiger partial charge is 0.229 e. The first-order valence-electron chi connectivity index (χ1n) is 9.37. The molecule has 0 unspecified atom stereocenters. The number of hydrogen-bond acceptors (Lipinski definition) is 7. The molecule has 0 bridgehead atoms. The Labute approximate surface area is 165 Å². The highest BCUT2D eigenvalue weighted by Crippen LogP contribution is 2.21. The molecule has 3 rings (SSSR count). The summed E-state index contributed by atoms with van der Waals surface area (Å²) in [6.07, 6.45) is 1.71. The first-order valence-corrected chi connectivity index (χ1v) is 9.37. The molecule has 7 heteroatoms. The summed E-state index contributed by atoms with van der Waals surface area (Å²) in [7, 11) is 1.67. The van der Waals surface area contributed by atoms with E-state index in [-0.39, 0.29) is 12.0 Å². The summed E-state index contributed by atoms with van der Waals surface area (Å²) < 4.78 is 5.26. The summed E-state index contributed by atoms with van der Waals surface area (Å²) in [6.45, 7) is 2.79. The molecule has 1 aromatic heterocycles. The molecule has 0 fully saturated rings. The Morgan fingerprint density at radius 1 is 1.00 bits per heavy atom. The van der Waals surface area contributed by atoms with Gasteiger partial charge in [-0.15, -0.1) is 0 Å². The molecule has 28 heavy (non-hydrogen) atoms. The van der Waals surface area contributed by atoms with E-state index in [2.05, 4.69) is 50.7 Å². The molecular formula is C21H26N6O. The van der Waals surface area contributed by atoms with Crippen LogP contribution in [0, 0.1) is 0 Å². The molecule has 0 radical (unpaired) electrons. The molecule has 0 aliphatic carbocycles. The molecule has 1 atom stereocenters. The average Bonchev–Trinajstić information content (AvgIpc) is 2.72. The molecule has 0 saturated heterocycles. The van der Waals surface area contributed by atoms with Crippen molar-refractivity contribution in [1.82, 2.24) is 15.0 Å². The number of rotatable bonds is 9. The van der Waals surface area contributed by atoms with Crippen LogP contribution in [-0.4, -0.2) is 28.6 Å². The van der Waals surface area contributed by atoms with Crippen LogP contribution in [0.5, 0.6) is 5.75 Å². The average molecular weight is 378 g/mol. The van der Waals surface area contributed by atoms with Crippen LogP contribution in [0.4, 0.5) is 17.8 Å². The molecule has 146 valence electrons. The predicted molar refractivity (Wildman–Crippen MR) is 113 cm³/mol. The molecule has 1 heterocycles. The molecule has 0 saturated carbocycles. The van der Waals surface area contributed by atoms with E-state index < -0.39 is 0 Å². The highest BCUT2D eigenvalue weighted by molar-refractivity contribution is 5.42. The molecule has 7 nitrogen and oxygen atoms in total. The maximum atomic E-state index is 5.88. The second-order valence-corrected chi connectivity index (χ2v) is 6.38. The summed E-state index contributed by atoms with van der Waals surface area (Å²) in [6, 6.07) is 18.3. The van der Waals surface area contributed by atoms with Gasteiger partial charge in [0.1, 0.15) is 5.75 Å². The van der Waals surface area contributed by atoms with E-state index in [4.69, 9.17) is 10.5 Å². The second kappa shape index (κ2) is 9.55. The lowest BCUT2D eigenvalue weighted by Gasteiger charge is -2.18. The van der Waals surface area contributed by atoms with Crippen LogP contribution in [0.25, 0.3) is 0 Å². The van der Waals surface area contributed by atoms with Gasteiger partial charge >= 0.3 is 0 Å². The molecule has 4 N–H and O–H groups in total. The molecule has 0 aliphatic rings. The number of nitrogens with two attached hydrogens (primary N) is 1. The van der Waals surface area contributed by atoms with Crippen molar-refractivity contribution < 1.29 is 4.74 Å². The van der Waals surface area contributed by atoms with E-state index in [9.17, 15) is 0 Å². The van der Waals surface area contributed by atoms with Crippen molar-refractivity contribution >= 4 is 17.8 Å². The number of ether oxygens (including phenoxy) is 1. The first-order chi connectivity index (χ1) is 13.7. The van der Waals surface area contributed by atoms with E-state index in [0.717, 1.165) is 18.6 Å². The lowest BCUT2D eigenvalue weighted by molar-refractivity contribution is 0.414. The summed E-state index contributed by atoms with van der Waals surface area (Å²) >= 11 is 0. The molecule has 0 spiro atoms. The van der Waals surface area contributed by atoms with Gasteiger partial charge in [-0.25, -0.2) is 0 Å². The molecule has 2 aromatic carbocycles. The van der Waals surface area contributed by atoms with Gasteiger partial charge in [-0.2, -0.15) is 15.0 Å². The topological polar surface area (TPSA) is 98.0 Å². The molecule has 0 aliphatic heterocycles. The third-order valence-corrected chi connectivity index (χ3v) is 4.40. The number of hydrogen-bond donors (Lipinski definition) is 3. The zero-order chi connectivity index (χ0) is 19.8. The maximum Gasteiger partial charge on any atom is 0.229 e. The largest absolute Gasteiger partial charge is 0.497 e. The van der Waals surface area contributed by atoms with Crippen LogP contribution in [0.15, 0.2) is 54.6 Å². The SMILES string of the molecule is CC[C@H](Nc1nc(N)nc(NCCc2cccc(OC)c2)n1)c1ccccc1. The lowest BCUT2D eigenvalue weighted by Crippen LogP contribution is -2.16. The number of nitrogen functional groups attached to an aromatic ring is 1. The minimum Gasteiger partial charge on any atom is -0.497 e. The summed E-state index contributed by atoms with van der Waals surface area (Å²) in [4.78, 5) is 12.9. The molecular weight excluding hydrogens is 352 g/mol. The van der Waals surface area contributed by atoms with Gasteiger partial charge in [-0.05, 0) is 36.1 Å². The van der Waals surface area contributed by atoms with Crippen LogP contribution in [0.3, 0.4) is 0 Å². The van der Waals surface area contributed by atoms with Gasteiger partial charge in [-0.3, -0.25) is 0 Å². The fourth-order valence-electron chi connectivity index (χ4n) is 2.94. The molecule has 0 amide bonds. The number of nitrogens with one attached hydrogen (secondary N) is 2.